The fraction of sp³-hybridized carbons (Fsp3) is 0.381. The van der Waals surface area contributed by atoms with Gasteiger partial charge < -0.3 is 9.73 Å². The molecule has 0 spiro atoms. The van der Waals surface area contributed by atoms with Gasteiger partial charge >= 0.3 is 0 Å². The molecule has 1 aliphatic rings. The summed E-state index contributed by atoms with van der Waals surface area (Å²) in [5.41, 5.74) is 3.74. The average molecular weight is 364 g/mol. The zero-order valence-corrected chi connectivity index (χ0v) is 16.1. The number of carbonyl (C=O) groups excluding carboxylic acids is 1. The first-order valence-corrected chi connectivity index (χ1v) is 9.39. The molecule has 1 unspecified atom stereocenters. The maximum absolute atomic E-state index is 12.5. The third kappa shape index (κ3) is 3.05. The first-order chi connectivity index (χ1) is 13.0. The maximum atomic E-state index is 12.5. The van der Waals surface area contributed by atoms with Crippen molar-refractivity contribution in [1.29, 1.82) is 0 Å². The number of benzene rings is 1. The van der Waals surface area contributed by atoms with Crippen molar-refractivity contribution in [3.63, 3.8) is 0 Å². The van der Waals surface area contributed by atoms with Gasteiger partial charge in [-0.15, -0.1) is 0 Å². The summed E-state index contributed by atoms with van der Waals surface area (Å²) >= 11 is 0. The van der Waals surface area contributed by atoms with Crippen molar-refractivity contribution in [3.8, 4) is 5.69 Å². The second-order valence-electron chi connectivity index (χ2n) is 7.62. The largest absolute Gasteiger partial charge is 0.448 e. The molecule has 0 fully saturated rings. The Morgan fingerprint density at radius 2 is 1.89 bits per heavy atom. The molecule has 1 N–H and O–H groups in total. The van der Waals surface area contributed by atoms with Gasteiger partial charge in [0, 0.05) is 23.8 Å². The van der Waals surface area contributed by atoms with Crippen LogP contribution in [0, 0.1) is 0 Å². The van der Waals surface area contributed by atoms with Crippen LogP contribution in [0.25, 0.3) is 5.69 Å². The van der Waals surface area contributed by atoms with Gasteiger partial charge in [0.2, 0.25) is 5.91 Å². The molecule has 0 aliphatic carbocycles. The van der Waals surface area contributed by atoms with Crippen LogP contribution in [0.15, 0.2) is 41.0 Å². The monoisotopic (exact) mass is 364 g/mol. The normalized spacial score (nSPS) is 16.7. The number of rotatable bonds is 4. The second-order valence-corrected chi connectivity index (χ2v) is 7.62. The summed E-state index contributed by atoms with van der Waals surface area (Å²) in [7, 11) is 0. The van der Waals surface area contributed by atoms with E-state index in [2.05, 4.69) is 24.1 Å². The van der Waals surface area contributed by atoms with Gasteiger partial charge in [0.05, 0.1) is 17.1 Å². The number of amides is 1. The molecule has 1 aromatic carbocycles. The van der Waals surface area contributed by atoms with Crippen LogP contribution in [0.4, 0.5) is 5.82 Å². The lowest BCUT2D eigenvalue weighted by Gasteiger charge is -2.23. The molecule has 1 aliphatic heterocycles. The van der Waals surface area contributed by atoms with E-state index >= 15 is 0 Å². The van der Waals surface area contributed by atoms with Crippen LogP contribution in [-0.2, 0) is 4.79 Å². The topological polar surface area (TPSA) is 73.0 Å². The standard InChI is InChI=1S/C21H24N4O2/c1-12(2)19-18-15(16-11-27-21(22-16)13(3)4)10-17(26)23-20(18)25(24-19)14-8-6-5-7-9-14/h5-9,11-13,15H,10H2,1-4H3,(H,23,26). The van der Waals surface area contributed by atoms with Crippen LogP contribution in [0.3, 0.4) is 0 Å². The molecule has 2 aromatic heterocycles. The number of hydrogen-bond donors (Lipinski definition) is 1. The van der Waals surface area contributed by atoms with Gasteiger partial charge in [0.25, 0.3) is 0 Å². The van der Waals surface area contributed by atoms with Crippen molar-refractivity contribution in [1.82, 2.24) is 14.8 Å². The molecule has 0 saturated carbocycles. The van der Waals surface area contributed by atoms with Crippen molar-refractivity contribution in [2.75, 3.05) is 5.32 Å². The van der Waals surface area contributed by atoms with Crippen LogP contribution in [0.5, 0.6) is 0 Å². The minimum Gasteiger partial charge on any atom is -0.448 e. The van der Waals surface area contributed by atoms with E-state index in [0.717, 1.165) is 28.5 Å². The molecule has 0 radical (unpaired) electrons. The van der Waals surface area contributed by atoms with Crippen molar-refractivity contribution in [2.24, 2.45) is 0 Å². The van der Waals surface area contributed by atoms with Gasteiger partial charge in [0.1, 0.15) is 12.1 Å². The highest BCUT2D eigenvalue weighted by atomic mass is 16.3. The van der Waals surface area contributed by atoms with E-state index in [1.54, 1.807) is 6.26 Å². The molecule has 27 heavy (non-hydrogen) atoms. The van der Waals surface area contributed by atoms with Crippen LogP contribution in [0.2, 0.25) is 0 Å². The Labute approximate surface area is 158 Å². The van der Waals surface area contributed by atoms with Crippen molar-refractivity contribution in [3.05, 3.63) is 59.4 Å². The summed E-state index contributed by atoms with van der Waals surface area (Å²) in [6.45, 7) is 8.32. The Balaban J connectivity index is 1.89. The van der Waals surface area contributed by atoms with E-state index in [9.17, 15) is 4.79 Å². The fourth-order valence-corrected chi connectivity index (χ4v) is 3.54. The number of nitrogens with one attached hydrogen (secondary N) is 1. The molecule has 4 rings (SSSR count). The van der Waals surface area contributed by atoms with E-state index in [1.807, 2.05) is 48.9 Å². The molecular weight excluding hydrogens is 340 g/mol. The molecule has 1 atom stereocenters. The quantitative estimate of drug-likeness (QED) is 0.735. The van der Waals surface area contributed by atoms with E-state index < -0.39 is 0 Å². The van der Waals surface area contributed by atoms with Crippen molar-refractivity contribution < 1.29 is 9.21 Å². The Hall–Kier alpha value is -2.89. The highest BCUT2D eigenvalue weighted by molar-refractivity contribution is 5.95. The Morgan fingerprint density at radius 3 is 2.52 bits per heavy atom. The number of oxazole rings is 1. The predicted molar refractivity (Wildman–Crippen MR) is 103 cm³/mol. The van der Waals surface area contributed by atoms with Crippen LogP contribution < -0.4 is 5.32 Å². The van der Waals surface area contributed by atoms with Crippen LogP contribution in [-0.4, -0.2) is 20.7 Å². The third-order valence-electron chi connectivity index (χ3n) is 4.88. The van der Waals surface area contributed by atoms with Gasteiger partial charge in [-0.05, 0) is 18.1 Å². The fourth-order valence-electron chi connectivity index (χ4n) is 3.54. The van der Waals surface area contributed by atoms with Gasteiger partial charge in [-0.3, -0.25) is 4.79 Å². The van der Waals surface area contributed by atoms with Crippen LogP contribution >= 0.6 is 0 Å². The summed E-state index contributed by atoms with van der Waals surface area (Å²) in [5.74, 6) is 1.66. The van der Waals surface area contributed by atoms with Gasteiger partial charge in [-0.2, -0.15) is 5.10 Å². The van der Waals surface area contributed by atoms with Crippen LogP contribution in [0.1, 0.15) is 74.7 Å². The minimum atomic E-state index is -0.153. The summed E-state index contributed by atoms with van der Waals surface area (Å²) < 4.78 is 7.48. The summed E-state index contributed by atoms with van der Waals surface area (Å²) in [5, 5.41) is 7.89. The number of anilines is 1. The zero-order chi connectivity index (χ0) is 19.1. The highest BCUT2D eigenvalue weighted by Gasteiger charge is 2.36. The van der Waals surface area contributed by atoms with E-state index in [-0.39, 0.29) is 23.7 Å². The van der Waals surface area contributed by atoms with E-state index in [1.165, 1.54) is 0 Å². The molecule has 0 bridgehead atoms. The Kier molecular flexibility index (Phi) is 4.34. The number of aromatic nitrogens is 3. The number of carbonyl (C=O) groups is 1. The molecule has 3 heterocycles. The Bertz CT molecular complexity index is 969. The maximum Gasteiger partial charge on any atom is 0.226 e. The highest BCUT2D eigenvalue weighted by Crippen LogP contribution is 2.42. The lowest BCUT2D eigenvalue weighted by Crippen LogP contribution is -2.25. The number of hydrogen-bond acceptors (Lipinski definition) is 4. The number of fused-ring (bicyclic) bond motifs is 1. The first-order valence-electron chi connectivity index (χ1n) is 9.39. The summed E-state index contributed by atoms with van der Waals surface area (Å²) in [4.78, 5) is 17.2. The molecule has 6 nitrogen and oxygen atoms in total. The summed E-state index contributed by atoms with van der Waals surface area (Å²) in [6.07, 6.45) is 2.03. The smallest absolute Gasteiger partial charge is 0.226 e. The predicted octanol–water partition coefficient (Wildman–Crippen LogP) is 4.58. The minimum absolute atomic E-state index is 0.0333. The van der Waals surface area contributed by atoms with E-state index in [4.69, 9.17) is 9.52 Å². The van der Waals surface area contributed by atoms with Gasteiger partial charge in [-0.1, -0.05) is 45.9 Å². The molecule has 6 heteroatoms. The van der Waals surface area contributed by atoms with Gasteiger partial charge in [0.15, 0.2) is 5.89 Å². The molecule has 0 saturated heterocycles. The zero-order valence-electron chi connectivity index (χ0n) is 16.1. The first kappa shape index (κ1) is 17.5. The third-order valence-corrected chi connectivity index (χ3v) is 4.88. The molecule has 1 amide bonds. The second kappa shape index (κ2) is 6.68. The lowest BCUT2D eigenvalue weighted by molar-refractivity contribution is -0.116. The Morgan fingerprint density at radius 1 is 1.15 bits per heavy atom. The number of para-hydroxylation sites is 1. The van der Waals surface area contributed by atoms with Crippen molar-refractivity contribution in [2.45, 2.75) is 51.9 Å². The lowest BCUT2D eigenvalue weighted by atomic mass is 9.87. The molecular formula is C21H24N4O2. The summed E-state index contributed by atoms with van der Waals surface area (Å²) in [6, 6.07) is 9.87. The average Bonchev–Trinajstić information content (AvgIpc) is 3.27. The number of nitrogens with zero attached hydrogens (tertiary/aromatic N) is 3. The van der Waals surface area contributed by atoms with Gasteiger partial charge in [-0.25, -0.2) is 9.67 Å². The van der Waals surface area contributed by atoms with E-state index in [0.29, 0.717) is 12.3 Å². The molecule has 140 valence electrons. The molecule has 3 aromatic rings. The SMILES string of the molecule is CC(C)c1nc(C2CC(=O)Nc3c2c(C(C)C)nn3-c2ccccc2)co1. The van der Waals surface area contributed by atoms with Crippen molar-refractivity contribution >= 4 is 11.7 Å².